The summed E-state index contributed by atoms with van der Waals surface area (Å²) in [6.07, 6.45) is 7.29. The maximum atomic E-state index is 5.81. The van der Waals surface area contributed by atoms with Crippen LogP contribution < -0.4 is 10.1 Å². The van der Waals surface area contributed by atoms with E-state index in [1.807, 2.05) is 6.07 Å². The zero-order chi connectivity index (χ0) is 15.5. The molecule has 0 unspecified atom stereocenters. The minimum Gasteiger partial charge on any atom is -0.478 e. The molecule has 4 heteroatoms. The Kier molecular flexibility index (Phi) is 8.79. The second-order valence-electron chi connectivity index (χ2n) is 5.79. The molecule has 0 saturated heterocycles. The fourth-order valence-electron chi connectivity index (χ4n) is 2.00. The van der Waals surface area contributed by atoms with Crippen LogP contribution >= 0.6 is 0 Å². The molecular weight excluding hydrogens is 262 g/mol. The molecule has 0 aromatic carbocycles. The summed E-state index contributed by atoms with van der Waals surface area (Å²) in [4.78, 5) is 9.04. The first-order valence-corrected chi connectivity index (χ1v) is 8.43. The van der Waals surface area contributed by atoms with Crippen LogP contribution in [0.1, 0.15) is 78.0 Å². The standard InChI is InChI=1S/C17H31N3O/c1-5-7-8-9-10-12-21-16-13-15(18-11-6-2)19-17(20-16)14(3)4/h13-14H,5-12H2,1-4H3,(H,18,19,20). The Balaban J connectivity index is 2.52. The van der Waals surface area contributed by atoms with Gasteiger partial charge in [-0.2, -0.15) is 4.98 Å². The van der Waals surface area contributed by atoms with Crippen LogP contribution in [0.15, 0.2) is 6.07 Å². The highest BCUT2D eigenvalue weighted by Crippen LogP contribution is 2.19. The number of unbranched alkanes of at least 4 members (excludes halogenated alkanes) is 4. The summed E-state index contributed by atoms with van der Waals surface area (Å²) in [7, 11) is 0. The number of rotatable bonds is 11. The highest BCUT2D eigenvalue weighted by atomic mass is 16.5. The van der Waals surface area contributed by atoms with E-state index in [1.165, 1.54) is 25.7 Å². The van der Waals surface area contributed by atoms with Gasteiger partial charge in [-0.1, -0.05) is 53.4 Å². The number of nitrogens with zero attached hydrogens (tertiary/aromatic N) is 2. The van der Waals surface area contributed by atoms with Gasteiger partial charge in [-0.3, -0.25) is 0 Å². The average molecular weight is 293 g/mol. The predicted molar refractivity (Wildman–Crippen MR) is 89.2 cm³/mol. The molecule has 4 nitrogen and oxygen atoms in total. The molecule has 0 amide bonds. The van der Waals surface area contributed by atoms with Gasteiger partial charge in [-0.25, -0.2) is 4.98 Å². The second kappa shape index (κ2) is 10.4. The van der Waals surface area contributed by atoms with Gasteiger partial charge in [0.1, 0.15) is 11.6 Å². The molecule has 1 N–H and O–H groups in total. The van der Waals surface area contributed by atoms with Crippen molar-refractivity contribution in [1.29, 1.82) is 0 Å². The van der Waals surface area contributed by atoms with Crippen molar-refractivity contribution in [2.75, 3.05) is 18.5 Å². The number of hydrogen-bond donors (Lipinski definition) is 1. The summed E-state index contributed by atoms with van der Waals surface area (Å²) < 4.78 is 5.81. The van der Waals surface area contributed by atoms with Crippen LogP contribution in [0.5, 0.6) is 5.88 Å². The monoisotopic (exact) mass is 293 g/mol. The van der Waals surface area contributed by atoms with E-state index in [1.54, 1.807) is 0 Å². The largest absolute Gasteiger partial charge is 0.478 e. The molecule has 0 aliphatic rings. The number of nitrogens with one attached hydrogen (secondary N) is 1. The van der Waals surface area contributed by atoms with Gasteiger partial charge in [0.15, 0.2) is 0 Å². The Hall–Kier alpha value is -1.32. The fraction of sp³-hybridized carbons (Fsp3) is 0.765. The SMILES string of the molecule is CCCCCCCOc1cc(NCCC)nc(C(C)C)n1. The van der Waals surface area contributed by atoms with Gasteiger partial charge >= 0.3 is 0 Å². The van der Waals surface area contributed by atoms with Gasteiger partial charge in [-0.05, 0) is 12.8 Å². The lowest BCUT2D eigenvalue weighted by atomic mass is 10.2. The molecule has 0 aliphatic heterocycles. The summed E-state index contributed by atoms with van der Waals surface area (Å²) in [6, 6.07) is 1.91. The summed E-state index contributed by atoms with van der Waals surface area (Å²) in [5, 5.41) is 3.32. The topological polar surface area (TPSA) is 47.0 Å². The summed E-state index contributed by atoms with van der Waals surface area (Å²) in [5.74, 6) is 2.72. The maximum absolute atomic E-state index is 5.81. The van der Waals surface area contributed by atoms with Crippen molar-refractivity contribution >= 4 is 5.82 Å². The highest BCUT2D eigenvalue weighted by Gasteiger charge is 2.08. The van der Waals surface area contributed by atoms with Crippen molar-refractivity contribution in [3.8, 4) is 5.88 Å². The molecule has 0 saturated carbocycles. The third kappa shape index (κ3) is 7.30. The molecule has 1 aromatic heterocycles. The Labute approximate surface area is 129 Å². The lowest BCUT2D eigenvalue weighted by Crippen LogP contribution is -2.08. The number of ether oxygens (including phenoxy) is 1. The third-order valence-electron chi connectivity index (χ3n) is 3.29. The Bertz CT molecular complexity index is 394. The van der Waals surface area contributed by atoms with Crippen molar-refractivity contribution in [2.24, 2.45) is 0 Å². The van der Waals surface area contributed by atoms with E-state index in [0.29, 0.717) is 11.8 Å². The van der Waals surface area contributed by atoms with E-state index < -0.39 is 0 Å². The molecule has 0 fully saturated rings. The number of aromatic nitrogens is 2. The molecule has 0 atom stereocenters. The Morgan fingerprint density at radius 2 is 1.81 bits per heavy atom. The lowest BCUT2D eigenvalue weighted by molar-refractivity contribution is 0.291. The van der Waals surface area contributed by atoms with Crippen LogP contribution in [-0.2, 0) is 0 Å². The smallest absolute Gasteiger partial charge is 0.218 e. The average Bonchev–Trinajstić information content (AvgIpc) is 2.48. The van der Waals surface area contributed by atoms with Crippen molar-refractivity contribution in [3.05, 3.63) is 11.9 Å². The Morgan fingerprint density at radius 3 is 2.48 bits per heavy atom. The van der Waals surface area contributed by atoms with E-state index in [-0.39, 0.29) is 0 Å². The number of anilines is 1. The zero-order valence-electron chi connectivity index (χ0n) is 14.1. The first kappa shape index (κ1) is 17.7. The van der Waals surface area contributed by atoms with E-state index in [2.05, 4.69) is 43.0 Å². The minimum absolute atomic E-state index is 0.306. The van der Waals surface area contributed by atoms with Crippen LogP contribution in [0.25, 0.3) is 0 Å². The molecule has 1 rings (SSSR count). The summed E-state index contributed by atoms with van der Waals surface area (Å²) >= 11 is 0. The van der Waals surface area contributed by atoms with Crippen molar-refractivity contribution in [3.63, 3.8) is 0 Å². The molecule has 0 aliphatic carbocycles. The molecule has 1 aromatic rings. The first-order chi connectivity index (χ1) is 10.2. The minimum atomic E-state index is 0.306. The van der Waals surface area contributed by atoms with Gasteiger partial charge in [0, 0.05) is 18.5 Å². The number of hydrogen-bond acceptors (Lipinski definition) is 4. The van der Waals surface area contributed by atoms with Gasteiger partial charge in [0.2, 0.25) is 5.88 Å². The lowest BCUT2D eigenvalue weighted by Gasteiger charge is -2.12. The van der Waals surface area contributed by atoms with Crippen LogP contribution in [0, 0.1) is 0 Å². The second-order valence-corrected chi connectivity index (χ2v) is 5.79. The summed E-state index contributed by atoms with van der Waals surface area (Å²) in [6.45, 7) is 10.2. The van der Waals surface area contributed by atoms with E-state index >= 15 is 0 Å². The van der Waals surface area contributed by atoms with E-state index in [4.69, 9.17) is 4.74 Å². The quantitative estimate of drug-likeness (QED) is 0.597. The van der Waals surface area contributed by atoms with Crippen LogP contribution in [0.2, 0.25) is 0 Å². The van der Waals surface area contributed by atoms with Gasteiger partial charge in [0.05, 0.1) is 6.61 Å². The van der Waals surface area contributed by atoms with E-state index in [0.717, 1.165) is 37.6 Å². The normalized spacial score (nSPS) is 10.9. The van der Waals surface area contributed by atoms with Gasteiger partial charge in [-0.15, -0.1) is 0 Å². The van der Waals surface area contributed by atoms with Crippen molar-refractivity contribution < 1.29 is 4.74 Å². The van der Waals surface area contributed by atoms with Crippen LogP contribution in [-0.4, -0.2) is 23.1 Å². The molecular formula is C17H31N3O. The molecule has 0 spiro atoms. The molecule has 21 heavy (non-hydrogen) atoms. The predicted octanol–water partition coefficient (Wildman–Crippen LogP) is 4.77. The molecule has 1 heterocycles. The maximum Gasteiger partial charge on any atom is 0.218 e. The van der Waals surface area contributed by atoms with Crippen LogP contribution in [0.3, 0.4) is 0 Å². The Morgan fingerprint density at radius 1 is 1.05 bits per heavy atom. The molecule has 120 valence electrons. The highest BCUT2D eigenvalue weighted by molar-refractivity contribution is 5.38. The van der Waals surface area contributed by atoms with Crippen molar-refractivity contribution in [2.45, 2.75) is 72.1 Å². The van der Waals surface area contributed by atoms with Crippen molar-refractivity contribution in [1.82, 2.24) is 9.97 Å². The molecule has 0 bridgehead atoms. The van der Waals surface area contributed by atoms with E-state index in [9.17, 15) is 0 Å². The van der Waals surface area contributed by atoms with Crippen LogP contribution in [0.4, 0.5) is 5.82 Å². The first-order valence-electron chi connectivity index (χ1n) is 8.43. The zero-order valence-corrected chi connectivity index (χ0v) is 14.1. The molecule has 0 radical (unpaired) electrons. The summed E-state index contributed by atoms with van der Waals surface area (Å²) in [5.41, 5.74) is 0. The third-order valence-corrected chi connectivity index (χ3v) is 3.29. The van der Waals surface area contributed by atoms with Gasteiger partial charge < -0.3 is 10.1 Å². The fourth-order valence-corrected chi connectivity index (χ4v) is 2.00. The van der Waals surface area contributed by atoms with Gasteiger partial charge in [0.25, 0.3) is 0 Å².